The van der Waals surface area contributed by atoms with Crippen LogP contribution in [0.15, 0.2) is 4.99 Å². The van der Waals surface area contributed by atoms with Gasteiger partial charge < -0.3 is 0 Å². The van der Waals surface area contributed by atoms with E-state index in [0.717, 1.165) is 17.8 Å². The Bertz CT molecular complexity index is 273. The molecular formula is C16H31N. The van der Waals surface area contributed by atoms with Crippen LogP contribution in [0.25, 0.3) is 0 Å². The van der Waals surface area contributed by atoms with Crippen LogP contribution in [-0.4, -0.2) is 11.8 Å². The molecule has 0 saturated heterocycles. The largest absolute Gasteiger partial charge is 0.291 e. The van der Waals surface area contributed by atoms with Crippen molar-refractivity contribution in [1.29, 1.82) is 0 Å². The average Bonchev–Trinajstić information content (AvgIpc) is 2.47. The van der Waals surface area contributed by atoms with E-state index in [2.05, 4.69) is 34.6 Å². The molecule has 0 amide bonds. The highest BCUT2D eigenvalue weighted by molar-refractivity contribution is 5.79. The van der Waals surface area contributed by atoms with E-state index in [1.54, 1.807) is 0 Å². The van der Waals surface area contributed by atoms with Gasteiger partial charge >= 0.3 is 0 Å². The summed E-state index contributed by atoms with van der Waals surface area (Å²) in [6, 6.07) is 0.603. The summed E-state index contributed by atoms with van der Waals surface area (Å²) >= 11 is 0. The minimum Gasteiger partial charge on any atom is -0.291 e. The molecule has 0 spiro atoms. The van der Waals surface area contributed by atoms with Gasteiger partial charge in [-0.3, -0.25) is 4.99 Å². The molecule has 100 valence electrons. The van der Waals surface area contributed by atoms with Crippen molar-refractivity contribution in [2.24, 2.45) is 28.2 Å². The molecule has 0 aromatic carbocycles. The molecule has 0 heterocycles. The predicted octanol–water partition coefficient (Wildman–Crippen LogP) is 4.95. The first-order valence-electron chi connectivity index (χ1n) is 7.44. The van der Waals surface area contributed by atoms with E-state index in [1.165, 1.54) is 25.0 Å². The molecule has 3 fully saturated rings. The maximum Gasteiger partial charge on any atom is 0.0527 e. The maximum absolute atomic E-state index is 4.84. The van der Waals surface area contributed by atoms with Crippen molar-refractivity contribution in [2.75, 3.05) is 0 Å². The van der Waals surface area contributed by atoms with Crippen LogP contribution >= 0.6 is 0 Å². The smallest absolute Gasteiger partial charge is 0.0527 e. The Balaban J connectivity index is 0.000000686. The van der Waals surface area contributed by atoms with Crippen molar-refractivity contribution in [3.8, 4) is 0 Å². The van der Waals surface area contributed by atoms with Gasteiger partial charge in [0.05, 0.1) is 6.04 Å². The van der Waals surface area contributed by atoms with Gasteiger partial charge in [-0.05, 0) is 56.3 Å². The van der Waals surface area contributed by atoms with Crippen molar-refractivity contribution in [1.82, 2.24) is 0 Å². The van der Waals surface area contributed by atoms with E-state index in [9.17, 15) is 0 Å². The summed E-state index contributed by atoms with van der Waals surface area (Å²) in [6.07, 6.45) is 4.18. The number of nitrogens with zero attached hydrogens (tertiary/aromatic N) is 1. The zero-order valence-corrected chi connectivity index (χ0v) is 12.9. The zero-order chi connectivity index (χ0) is 13.2. The van der Waals surface area contributed by atoms with E-state index < -0.39 is 0 Å². The first kappa shape index (κ1) is 14.7. The van der Waals surface area contributed by atoms with Crippen LogP contribution in [0.4, 0.5) is 0 Å². The van der Waals surface area contributed by atoms with Crippen molar-refractivity contribution in [2.45, 2.75) is 73.8 Å². The molecule has 1 heteroatoms. The second-order valence-corrected chi connectivity index (χ2v) is 6.44. The van der Waals surface area contributed by atoms with Gasteiger partial charge in [0, 0.05) is 5.71 Å². The van der Waals surface area contributed by atoms with Crippen LogP contribution in [0.5, 0.6) is 0 Å². The summed E-state index contributed by atoms with van der Waals surface area (Å²) in [6.45, 7) is 15.6. The van der Waals surface area contributed by atoms with E-state index in [1.807, 2.05) is 13.8 Å². The lowest BCUT2D eigenvalue weighted by atomic mass is 9.52. The Morgan fingerprint density at radius 3 is 2.18 bits per heavy atom. The number of aliphatic imine (C=N–C) groups is 1. The van der Waals surface area contributed by atoms with Gasteiger partial charge in [-0.1, -0.05) is 34.6 Å². The summed E-state index contributed by atoms with van der Waals surface area (Å²) in [5.74, 6) is 2.68. The SMILES string of the molecule is CC.CC(C)=N[C@H]1CC[C@@H]2C[C@H]([C@@H]1C)C2(C)C. The van der Waals surface area contributed by atoms with Crippen LogP contribution < -0.4 is 0 Å². The van der Waals surface area contributed by atoms with Crippen LogP contribution in [0.3, 0.4) is 0 Å². The predicted molar refractivity (Wildman–Crippen MR) is 77.7 cm³/mol. The summed E-state index contributed by atoms with van der Waals surface area (Å²) in [5, 5.41) is 0. The highest BCUT2D eigenvalue weighted by Gasteiger charge is 2.53. The molecule has 3 aliphatic carbocycles. The molecule has 1 nitrogen and oxygen atoms in total. The molecule has 0 unspecified atom stereocenters. The molecule has 0 aromatic rings. The minimum absolute atomic E-state index is 0.589. The Labute approximate surface area is 108 Å². The zero-order valence-electron chi connectivity index (χ0n) is 12.9. The summed E-state index contributed by atoms with van der Waals surface area (Å²) < 4.78 is 0. The molecular weight excluding hydrogens is 206 g/mol. The van der Waals surface area contributed by atoms with E-state index in [0.29, 0.717) is 11.5 Å². The molecule has 0 N–H and O–H groups in total. The van der Waals surface area contributed by atoms with Gasteiger partial charge in [0.15, 0.2) is 0 Å². The van der Waals surface area contributed by atoms with Gasteiger partial charge in [0.25, 0.3) is 0 Å². The molecule has 3 rings (SSSR count). The van der Waals surface area contributed by atoms with Gasteiger partial charge in [-0.25, -0.2) is 0 Å². The fraction of sp³-hybridized carbons (Fsp3) is 0.938. The fourth-order valence-electron chi connectivity index (χ4n) is 3.86. The van der Waals surface area contributed by atoms with Crippen LogP contribution in [0, 0.1) is 23.2 Å². The molecule has 3 aliphatic rings. The highest BCUT2D eigenvalue weighted by atomic mass is 14.8. The monoisotopic (exact) mass is 237 g/mol. The number of hydrogen-bond donors (Lipinski definition) is 0. The third kappa shape index (κ3) is 2.74. The first-order chi connectivity index (χ1) is 7.93. The Morgan fingerprint density at radius 2 is 1.71 bits per heavy atom. The molecule has 0 aromatic heterocycles. The van der Waals surface area contributed by atoms with Crippen molar-refractivity contribution in [3.05, 3.63) is 0 Å². The summed E-state index contributed by atoms with van der Waals surface area (Å²) in [5.41, 5.74) is 1.84. The maximum atomic E-state index is 4.84. The molecule has 17 heavy (non-hydrogen) atoms. The van der Waals surface area contributed by atoms with Gasteiger partial charge in [-0.2, -0.15) is 0 Å². The van der Waals surface area contributed by atoms with E-state index >= 15 is 0 Å². The van der Waals surface area contributed by atoms with Crippen molar-refractivity contribution in [3.63, 3.8) is 0 Å². The van der Waals surface area contributed by atoms with Gasteiger partial charge in [0.1, 0.15) is 0 Å². The molecule has 2 bridgehead atoms. The van der Waals surface area contributed by atoms with Crippen LogP contribution in [0.1, 0.15) is 67.7 Å². The fourth-order valence-corrected chi connectivity index (χ4v) is 3.86. The van der Waals surface area contributed by atoms with Crippen LogP contribution in [-0.2, 0) is 0 Å². The number of hydrogen-bond acceptors (Lipinski definition) is 1. The lowest BCUT2D eigenvalue weighted by Crippen LogP contribution is -2.47. The third-order valence-electron chi connectivity index (χ3n) is 5.02. The van der Waals surface area contributed by atoms with E-state index in [4.69, 9.17) is 4.99 Å². The Hall–Kier alpha value is -0.330. The summed E-state index contributed by atoms with van der Waals surface area (Å²) in [4.78, 5) is 4.84. The van der Waals surface area contributed by atoms with Crippen LogP contribution in [0.2, 0.25) is 0 Å². The van der Waals surface area contributed by atoms with Gasteiger partial charge in [0.2, 0.25) is 0 Å². The van der Waals surface area contributed by atoms with Crippen molar-refractivity contribution < 1.29 is 0 Å². The quantitative estimate of drug-likeness (QED) is 0.572. The second kappa shape index (κ2) is 5.54. The standard InChI is InChI=1S/C14H25N.C2H6/c1-9(2)15-13-7-6-11-8-12(10(13)3)14(11,4)5;1-2/h10-13H,6-8H2,1-5H3;1-2H3/t10-,11+,12+,13-;/m0./s1. The Kier molecular flexibility index (Phi) is 4.80. The lowest BCUT2D eigenvalue weighted by molar-refractivity contribution is -0.0414. The number of rotatable bonds is 1. The first-order valence-corrected chi connectivity index (χ1v) is 7.44. The summed E-state index contributed by atoms with van der Waals surface area (Å²) in [7, 11) is 0. The average molecular weight is 237 g/mol. The second-order valence-electron chi connectivity index (χ2n) is 6.44. The van der Waals surface area contributed by atoms with E-state index in [-0.39, 0.29) is 0 Å². The molecule has 0 radical (unpaired) electrons. The topological polar surface area (TPSA) is 12.4 Å². The minimum atomic E-state index is 0.589. The number of fused-ring (bicyclic) bond motifs is 3. The normalized spacial score (nSPS) is 38.1. The molecule has 4 atom stereocenters. The molecule has 0 aliphatic heterocycles. The molecule has 3 saturated carbocycles. The highest BCUT2D eigenvalue weighted by Crippen LogP contribution is 2.59. The Morgan fingerprint density at radius 1 is 1.12 bits per heavy atom. The van der Waals surface area contributed by atoms with Gasteiger partial charge in [-0.15, -0.1) is 0 Å². The third-order valence-corrected chi connectivity index (χ3v) is 5.02. The van der Waals surface area contributed by atoms with Crippen molar-refractivity contribution >= 4 is 5.71 Å². The lowest BCUT2D eigenvalue weighted by Gasteiger charge is -2.53.